The minimum Gasteiger partial charge on any atom is -0.501 e. The molecule has 0 aromatic heterocycles. The first-order chi connectivity index (χ1) is 5.88. The fourth-order valence-corrected chi connectivity index (χ4v) is 1.84. The van der Waals surface area contributed by atoms with Crippen molar-refractivity contribution >= 4 is 0 Å². The Labute approximate surface area is 75.8 Å². The summed E-state index contributed by atoms with van der Waals surface area (Å²) in [5.74, 6) is 1.29. The van der Waals surface area contributed by atoms with Gasteiger partial charge in [0.1, 0.15) is 0 Å². The molecule has 0 saturated heterocycles. The van der Waals surface area contributed by atoms with E-state index >= 15 is 0 Å². The molecule has 1 aliphatic carbocycles. The van der Waals surface area contributed by atoms with Crippen LogP contribution in [0.25, 0.3) is 0 Å². The summed E-state index contributed by atoms with van der Waals surface area (Å²) in [6.45, 7) is 2.23. The lowest BCUT2D eigenvalue weighted by atomic mass is 10.1. The molecule has 1 nitrogen and oxygen atoms in total. The van der Waals surface area contributed by atoms with Gasteiger partial charge in [0.15, 0.2) is 0 Å². The Morgan fingerprint density at radius 1 is 1.33 bits per heavy atom. The van der Waals surface area contributed by atoms with Crippen molar-refractivity contribution < 1.29 is 4.74 Å². The van der Waals surface area contributed by atoms with Crippen molar-refractivity contribution in [1.29, 1.82) is 0 Å². The van der Waals surface area contributed by atoms with Crippen LogP contribution in [0.3, 0.4) is 0 Å². The van der Waals surface area contributed by atoms with Crippen LogP contribution in [0.2, 0.25) is 0 Å². The predicted molar refractivity (Wildman–Crippen MR) is 52.0 cm³/mol. The monoisotopic (exact) mass is 168 g/mol. The molecule has 0 aliphatic heterocycles. The average molecular weight is 168 g/mol. The molecule has 0 bridgehead atoms. The van der Waals surface area contributed by atoms with Crippen molar-refractivity contribution in [3.05, 3.63) is 11.3 Å². The molecule has 0 amide bonds. The zero-order chi connectivity index (χ0) is 8.81. The molecule has 0 aromatic carbocycles. The Hall–Kier alpha value is -0.460. The van der Waals surface area contributed by atoms with Gasteiger partial charge in [-0.3, -0.25) is 0 Å². The Balaban J connectivity index is 2.46. The molecule has 12 heavy (non-hydrogen) atoms. The number of rotatable bonds is 4. The summed E-state index contributed by atoms with van der Waals surface area (Å²) in [5.41, 5.74) is 1.59. The molecular formula is C11H20O. The minimum atomic E-state index is 1.16. The molecule has 70 valence electrons. The fourth-order valence-electron chi connectivity index (χ4n) is 1.84. The topological polar surface area (TPSA) is 9.23 Å². The van der Waals surface area contributed by atoms with Gasteiger partial charge in [0.05, 0.1) is 12.9 Å². The van der Waals surface area contributed by atoms with Gasteiger partial charge in [-0.1, -0.05) is 13.3 Å². The largest absolute Gasteiger partial charge is 0.501 e. The second kappa shape index (κ2) is 5.23. The summed E-state index contributed by atoms with van der Waals surface area (Å²) in [4.78, 5) is 0. The van der Waals surface area contributed by atoms with Gasteiger partial charge in [0.2, 0.25) is 0 Å². The maximum atomic E-state index is 5.42. The second-order valence-electron chi connectivity index (χ2n) is 3.54. The molecule has 0 radical (unpaired) electrons. The van der Waals surface area contributed by atoms with E-state index in [9.17, 15) is 0 Å². The highest BCUT2D eigenvalue weighted by Gasteiger charge is 2.12. The highest BCUT2D eigenvalue weighted by Crippen LogP contribution is 2.29. The Morgan fingerprint density at radius 3 is 2.50 bits per heavy atom. The van der Waals surface area contributed by atoms with E-state index < -0.39 is 0 Å². The van der Waals surface area contributed by atoms with Crippen LogP contribution in [0.5, 0.6) is 0 Å². The maximum Gasteiger partial charge on any atom is 0.0947 e. The van der Waals surface area contributed by atoms with Crippen LogP contribution >= 0.6 is 0 Å². The summed E-state index contributed by atoms with van der Waals surface area (Å²) < 4.78 is 5.42. The quantitative estimate of drug-likeness (QED) is 0.582. The van der Waals surface area contributed by atoms with Gasteiger partial charge < -0.3 is 4.74 Å². The van der Waals surface area contributed by atoms with Gasteiger partial charge in [0, 0.05) is 6.42 Å². The van der Waals surface area contributed by atoms with Crippen molar-refractivity contribution in [2.24, 2.45) is 0 Å². The SMILES string of the molecule is CCCCC(OC)=C1CCCC1. The van der Waals surface area contributed by atoms with E-state index in [1.54, 1.807) is 5.57 Å². The molecule has 0 unspecified atom stereocenters. The molecule has 1 rings (SSSR count). The predicted octanol–water partition coefficient (Wildman–Crippen LogP) is 3.65. The summed E-state index contributed by atoms with van der Waals surface area (Å²) in [6, 6.07) is 0. The van der Waals surface area contributed by atoms with Gasteiger partial charge >= 0.3 is 0 Å². The number of hydrogen-bond acceptors (Lipinski definition) is 1. The van der Waals surface area contributed by atoms with Crippen LogP contribution in [0.1, 0.15) is 51.9 Å². The lowest BCUT2D eigenvalue weighted by molar-refractivity contribution is 0.268. The van der Waals surface area contributed by atoms with Gasteiger partial charge in [-0.2, -0.15) is 0 Å². The number of hydrogen-bond donors (Lipinski definition) is 0. The van der Waals surface area contributed by atoms with E-state index in [0.29, 0.717) is 0 Å². The average Bonchev–Trinajstić information content (AvgIpc) is 2.59. The van der Waals surface area contributed by atoms with E-state index in [4.69, 9.17) is 4.74 Å². The van der Waals surface area contributed by atoms with E-state index in [1.807, 2.05) is 7.11 Å². The van der Waals surface area contributed by atoms with Gasteiger partial charge in [-0.25, -0.2) is 0 Å². The smallest absolute Gasteiger partial charge is 0.0947 e. The molecular weight excluding hydrogens is 148 g/mol. The van der Waals surface area contributed by atoms with Crippen LogP contribution in [0.15, 0.2) is 11.3 Å². The van der Waals surface area contributed by atoms with Gasteiger partial charge in [-0.15, -0.1) is 0 Å². The normalized spacial score (nSPS) is 16.7. The Morgan fingerprint density at radius 2 is 2.00 bits per heavy atom. The summed E-state index contributed by atoms with van der Waals surface area (Å²) >= 11 is 0. The lowest BCUT2D eigenvalue weighted by Gasteiger charge is -2.08. The Bertz CT molecular complexity index is 150. The molecule has 0 heterocycles. The zero-order valence-electron chi connectivity index (χ0n) is 8.36. The van der Waals surface area contributed by atoms with Crippen LogP contribution in [-0.2, 0) is 4.74 Å². The lowest BCUT2D eigenvalue weighted by Crippen LogP contribution is -1.92. The van der Waals surface area contributed by atoms with Crippen molar-refractivity contribution in [2.45, 2.75) is 51.9 Å². The minimum absolute atomic E-state index is 1.16. The van der Waals surface area contributed by atoms with Crippen molar-refractivity contribution in [2.75, 3.05) is 7.11 Å². The molecule has 0 N–H and O–H groups in total. The van der Waals surface area contributed by atoms with Gasteiger partial charge in [-0.05, 0) is 37.7 Å². The summed E-state index contributed by atoms with van der Waals surface area (Å²) in [5, 5.41) is 0. The van der Waals surface area contributed by atoms with Crippen molar-refractivity contribution in [3.8, 4) is 0 Å². The molecule has 1 saturated carbocycles. The third-order valence-corrected chi connectivity index (χ3v) is 2.61. The third kappa shape index (κ3) is 2.54. The first-order valence-electron chi connectivity index (χ1n) is 5.13. The zero-order valence-corrected chi connectivity index (χ0v) is 8.36. The van der Waals surface area contributed by atoms with Crippen LogP contribution in [0.4, 0.5) is 0 Å². The first kappa shape index (κ1) is 9.63. The summed E-state index contributed by atoms with van der Waals surface area (Å²) in [6.07, 6.45) is 9.00. The highest BCUT2D eigenvalue weighted by atomic mass is 16.5. The van der Waals surface area contributed by atoms with Crippen molar-refractivity contribution in [1.82, 2.24) is 0 Å². The van der Waals surface area contributed by atoms with E-state index in [1.165, 1.54) is 44.3 Å². The van der Waals surface area contributed by atoms with E-state index in [-0.39, 0.29) is 0 Å². The number of methoxy groups -OCH3 is 1. The summed E-state index contributed by atoms with van der Waals surface area (Å²) in [7, 11) is 1.82. The third-order valence-electron chi connectivity index (χ3n) is 2.61. The maximum absolute atomic E-state index is 5.42. The van der Waals surface area contributed by atoms with Crippen LogP contribution in [-0.4, -0.2) is 7.11 Å². The number of allylic oxidation sites excluding steroid dienone is 2. The highest BCUT2D eigenvalue weighted by molar-refractivity contribution is 5.11. The molecule has 0 atom stereocenters. The Kier molecular flexibility index (Phi) is 4.20. The molecule has 1 aliphatic rings. The second-order valence-corrected chi connectivity index (χ2v) is 3.54. The van der Waals surface area contributed by atoms with E-state index in [2.05, 4.69) is 6.92 Å². The standard InChI is InChI=1S/C11H20O/c1-3-4-9-11(12-2)10-7-5-6-8-10/h3-9H2,1-2H3. The molecule has 1 fully saturated rings. The first-order valence-corrected chi connectivity index (χ1v) is 5.13. The van der Waals surface area contributed by atoms with E-state index in [0.717, 1.165) is 6.42 Å². The number of unbranched alkanes of at least 4 members (excludes halogenated alkanes) is 1. The molecule has 1 heteroatoms. The van der Waals surface area contributed by atoms with Crippen LogP contribution in [0, 0.1) is 0 Å². The fraction of sp³-hybridized carbons (Fsp3) is 0.818. The van der Waals surface area contributed by atoms with Crippen molar-refractivity contribution in [3.63, 3.8) is 0 Å². The molecule has 0 aromatic rings. The van der Waals surface area contributed by atoms with Crippen LogP contribution < -0.4 is 0 Å². The number of ether oxygens (including phenoxy) is 1. The van der Waals surface area contributed by atoms with Gasteiger partial charge in [0.25, 0.3) is 0 Å². The molecule has 0 spiro atoms.